The van der Waals surface area contributed by atoms with Crippen molar-refractivity contribution < 1.29 is 19.4 Å². The van der Waals surface area contributed by atoms with Crippen molar-refractivity contribution in [3.8, 4) is 5.75 Å². The smallest absolute Gasteiger partial charge is 0.326 e. The van der Waals surface area contributed by atoms with Crippen LogP contribution < -0.4 is 10.1 Å². The van der Waals surface area contributed by atoms with E-state index < -0.39 is 17.4 Å². The number of unbranched alkanes of at least 4 members (excludes halogenated alkanes) is 1. The molecule has 5 heteroatoms. The third-order valence-corrected chi connectivity index (χ3v) is 3.89. The molecule has 0 radical (unpaired) electrons. The second-order valence-electron chi connectivity index (χ2n) is 6.38. The van der Waals surface area contributed by atoms with Crippen molar-refractivity contribution in [1.82, 2.24) is 5.32 Å². The molecule has 2 N–H and O–H groups in total. The molecule has 0 bridgehead atoms. The van der Waals surface area contributed by atoms with Crippen LogP contribution in [0.25, 0.3) is 0 Å². The Kier molecular flexibility index (Phi) is 7.07. The van der Waals surface area contributed by atoms with Crippen molar-refractivity contribution in [2.75, 3.05) is 7.11 Å². The Morgan fingerprint density at radius 3 is 2.52 bits per heavy atom. The monoisotopic (exact) mass is 321 g/mol. The van der Waals surface area contributed by atoms with E-state index in [1.54, 1.807) is 7.11 Å². The molecule has 0 aromatic heterocycles. The summed E-state index contributed by atoms with van der Waals surface area (Å²) in [4.78, 5) is 23.8. The summed E-state index contributed by atoms with van der Waals surface area (Å²) in [5, 5.41) is 11.9. The number of aliphatic carboxylic acids is 1. The molecule has 0 spiro atoms. The highest BCUT2D eigenvalue weighted by atomic mass is 16.5. The maximum absolute atomic E-state index is 12.5. The number of methoxy groups -OCH3 is 1. The summed E-state index contributed by atoms with van der Waals surface area (Å²) in [7, 11) is 1.59. The van der Waals surface area contributed by atoms with Crippen LogP contribution in [0.5, 0.6) is 5.75 Å². The topological polar surface area (TPSA) is 75.6 Å². The third kappa shape index (κ3) is 5.58. The molecule has 1 aromatic rings. The van der Waals surface area contributed by atoms with Crippen molar-refractivity contribution in [2.24, 2.45) is 5.41 Å². The van der Waals surface area contributed by atoms with Gasteiger partial charge in [-0.05, 0) is 24.5 Å². The second kappa shape index (κ2) is 8.56. The number of hydrogen-bond acceptors (Lipinski definition) is 3. The first-order chi connectivity index (χ1) is 10.8. The number of carbonyl (C=O) groups excluding carboxylic acids is 1. The summed E-state index contributed by atoms with van der Waals surface area (Å²) >= 11 is 0. The Labute approximate surface area is 138 Å². The number of rotatable bonds is 9. The molecule has 0 aliphatic heterocycles. The van der Waals surface area contributed by atoms with Gasteiger partial charge in [-0.25, -0.2) is 4.79 Å². The zero-order valence-corrected chi connectivity index (χ0v) is 14.4. The van der Waals surface area contributed by atoms with E-state index in [4.69, 9.17) is 4.74 Å². The van der Waals surface area contributed by atoms with Crippen LogP contribution in [0.4, 0.5) is 0 Å². The third-order valence-electron chi connectivity index (χ3n) is 3.89. The highest BCUT2D eigenvalue weighted by Crippen LogP contribution is 2.28. The second-order valence-corrected chi connectivity index (χ2v) is 6.38. The van der Waals surface area contributed by atoms with Crippen LogP contribution in [0.1, 0.15) is 45.6 Å². The minimum atomic E-state index is -0.986. The number of carboxylic acids is 1. The van der Waals surface area contributed by atoms with Crippen LogP contribution in [0.2, 0.25) is 0 Å². The number of hydrogen-bond donors (Lipinski definition) is 2. The van der Waals surface area contributed by atoms with Crippen LogP contribution in [0.3, 0.4) is 0 Å². The zero-order chi connectivity index (χ0) is 17.5. The molecule has 0 heterocycles. The van der Waals surface area contributed by atoms with Crippen molar-refractivity contribution in [3.05, 3.63) is 29.8 Å². The number of para-hydroxylation sites is 1. The van der Waals surface area contributed by atoms with Crippen LogP contribution in [0, 0.1) is 5.41 Å². The van der Waals surface area contributed by atoms with Crippen molar-refractivity contribution >= 4 is 11.9 Å². The molecule has 0 aliphatic carbocycles. The van der Waals surface area contributed by atoms with Crippen LogP contribution >= 0.6 is 0 Å². The van der Waals surface area contributed by atoms with Crippen LogP contribution in [0.15, 0.2) is 24.3 Å². The lowest BCUT2D eigenvalue weighted by atomic mass is 9.84. The van der Waals surface area contributed by atoms with E-state index in [2.05, 4.69) is 5.32 Å². The Hall–Kier alpha value is -2.04. The summed E-state index contributed by atoms with van der Waals surface area (Å²) in [6, 6.07) is 6.71. The molecule has 0 aliphatic rings. The van der Waals surface area contributed by atoms with E-state index >= 15 is 0 Å². The molecular formula is C18H27NO4. The van der Waals surface area contributed by atoms with Gasteiger partial charge in [0.15, 0.2) is 0 Å². The first-order valence-electron chi connectivity index (χ1n) is 7.97. The largest absolute Gasteiger partial charge is 0.496 e. The number of nitrogens with one attached hydrogen (secondary N) is 1. The summed E-state index contributed by atoms with van der Waals surface area (Å²) in [6.07, 6.45) is 2.58. The first-order valence-corrected chi connectivity index (χ1v) is 7.97. The molecule has 1 aromatic carbocycles. The Bertz CT molecular complexity index is 540. The van der Waals surface area contributed by atoms with E-state index in [0.717, 1.165) is 24.2 Å². The molecule has 1 atom stereocenters. The van der Waals surface area contributed by atoms with Gasteiger partial charge in [-0.1, -0.05) is 51.8 Å². The summed E-state index contributed by atoms with van der Waals surface area (Å²) in [6.45, 7) is 5.62. The predicted molar refractivity (Wildman–Crippen MR) is 89.6 cm³/mol. The molecule has 0 saturated heterocycles. The van der Waals surface area contributed by atoms with E-state index in [1.807, 2.05) is 45.0 Å². The molecule has 1 amide bonds. The van der Waals surface area contributed by atoms with Crippen molar-refractivity contribution in [2.45, 2.75) is 52.5 Å². The lowest BCUT2D eigenvalue weighted by molar-refractivity contribution is -0.143. The molecule has 0 fully saturated rings. The predicted octanol–water partition coefficient (Wildman–Crippen LogP) is 3.02. The van der Waals surface area contributed by atoms with Crippen LogP contribution in [-0.4, -0.2) is 30.1 Å². The highest BCUT2D eigenvalue weighted by Gasteiger charge is 2.32. The Morgan fingerprint density at radius 2 is 1.96 bits per heavy atom. The van der Waals surface area contributed by atoms with Crippen molar-refractivity contribution in [1.29, 1.82) is 0 Å². The van der Waals surface area contributed by atoms with E-state index in [1.165, 1.54) is 0 Å². The number of ether oxygens (including phenoxy) is 1. The number of carbonyl (C=O) groups is 2. The number of carboxylic acid groups (broad SMARTS) is 1. The lowest BCUT2D eigenvalue weighted by Crippen LogP contribution is -2.47. The quantitative estimate of drug-likeness (QED) is 0.733. The summed E-state index contributed by atoms with van der Waals surface area (Å²) in [5.41, 5.74) is 0.199. The zero-order valence-electron chi connectivity index (χ0n) is 14.4. The van der Waals surface area contributed by atoms with E-state index in [0.29, 0.717) is 12.8 Å². The Morgan fingerprint density at radius 1 is 1.30 bits per heavy atom. The maximum atomic E-state index is 12.5. The molecule has 0 saturated carbocycles. The summed E-state index contributed by atoms with van der Waals surface area (Å²) in [5.74, 6) is -0.513. The fourth-order valence-electron chi connectivity index (χ4n) is 2.42. The van der Waals surface area contributed by atoms with E-state index in [-0.39, 0.29) is 5.91 Å². The Balaban J connectivity index is 2.81. The van der Waals surface area contributed by atoms with Gasteiger partial charge in [-0.2, -0.15) is 0 Å². The molecule has 5 nitrogen and oxygen atoms in total. The van der Waals surface area contributed by atoms with Gasteiger partial charge < -0.3 is 15.2 Å². The maximum Gasteiger partial charge on any atom is 0.326 e. The fraction of sp³-hybridized carbons (Fsp3) is 0.556. The van der Waals surface area contributed by atoms with Crippen molar-refractivity contribution in [3.63, 3.8) is 0 Å². The number of benzene rings is 1. The minimum absolute atomic E-state index is 0.257. The van der Waals surface area contributed by atoms with Gasteiger partial charge >= 0.3 is 5.97 Å². The molecule has 1 rings (SSSR count). The van der Waals surface area contributed by atoms with Gasteiger partial charge in [0.25, 0.3) is 0 Å². The van der Waals surface area contributed by atoms with Gasteiger partial charge in [0.1, 0.15) is 11.8 Å². The van der Waals surface area contributed by atoms with Gasteiger partial charge in [0, 0.05) is 5.41 Å². The van der Waals surface area contributed by atoms with Crippen LogP contribution in [-0.2, 0) is 16.0 Å². The highest BCUT2D eigenvalue weighted by molar-refractivity contribution is 5.87. The minimum Gasteiger partial charge on any atom is -0.496 e. The molecular weight excluding hydrogens is 294 g/mol. The molecule has 128 valence electrons. The first kappa shape index (κ1) is 19.0. The number of amides is 1. The van der Waals surface area contributed by atoms with Gasteiger partial charge in [-0.3, -0.25) is 4.79 Å². The molecule has 1 unspecified atom stereocenters. The average Bonchev–Trinajstić information content (AvgIpc) is 2.51. The standard InChI is InChI=1S/C18H27NO4/c1-5-6-10-14(16(20)21)19-17(22)18(2,3)12-13-9-7-8-11-15(13)23-4/h7-9,11,14H,5-6,10,12H2,1-4H3,(H,19,22)(H,20,21). The normalized spacial score (nSPS) is 12.5. The van der Waals surface area contributed by atoms with Gasteiger partial charge in [0.2, 0.25) is 5.91 Å². The lowest BCUT2D eigenvalue weighted by Gasteiger charge is -2.26. The van der Waals surface area contributed by atoms with Gasteiger partial charge in [-0.15, -0.1) is 0 Å². The average molecular weight is 321 g/mol. The van der Waals surface area contributed by atoms with Gasteiger partial charge in [0.05, 0.1) is 7.11 Å². The molecule has 23 heavy (non-hydrogen) atoms. The van der Waals surface area contributed by atoms with E-state index in [9.17, 15) is 14.7 Å². The SMILES string of the molecule is CCCCC(NC(=O)C(C)(C)Cc1ccccc1OC)C(=O)O. The summed E-state index contributed by atoms with van der Waals surface area (Å²) < 4.78 is 5.32. The fourth-order valence-corrected chi connectivity index (χ4v) is 2.42.